The molecule has 3 aromatic carbocycles. The van der Waals surface area contributed by atoms with Gasteiger partial charge in [-0.25, -0.2) is 8.42 Å². The zero-order valence-corrected chi connectivity index (χ0v) is 18.5. The molecule has 4 rings (SSSR count). The van der Waals surface area contributed by atoms with Crippen molar-refractivity contribution in [3.8, 4) is 17.2 Å². The van der Waals surface area contributed by atoms with Crippen LogP contribution in [0.4, 0.5) is 5.69 Å². The molecule has 0 saturated heterocycles. The number of anilines is 1. The van der Waals surface area contributed by atoms with Crippen LogP contribution >= 0.6 is 11.6 Å². The van der Waals surface area contributed by atoms with Crippen LogP contribution in [-0.4, -0.2) is 34.1 Å². The first kappa shape index (κ1) is 22.0. The molecule has 3 aromatic rings. The van der Waals surface area contributed by atoms with E-state index in [1.54, 1.807) is 30.3 Å². The Morgan fingerprint density at radius 2 is 1.56 bits per heavy atom. The van der Waals surface area contributed by atoms with Crippen LogP contribution in [0.25, 0.3) is 0 Å². The Bertz CT molecular complexity index is 1210. The summed E-state index contributed by atoms with van der Waals surface area (Å²) < 4.78 is 41.9. The van der Waals surface area contributed by atoms with E-state index in [-0.39, 0.29) is 16.4 Å². The van der Waals surface area contributed by atoms with Gasteiger partial charge in [0, 0.05) is 18.6 Å². The minimum Gasteiger partial charge on any atom is -0.490 e. The summed E-state index contributed by atoms with van der Waals surface area (Å²) in [6.07, 6.45) is 0.757. The van der Waals surface area contributed by atoms with Gasteiger partial charge < -0.3 is 19.5 Å². The van der Waals surface area contributed by atoms with E-state index in [2.05, 4.69) is 5.32 Å². The number of benzene rings is 3. The molecule has 0 aromatic heterocycles. The van der Waals surface area contributed by atoms with Gasteiger partial charge in [-0.05, 0) is 36.4 Å². The normalized spacial score (nSPS) is 13.2. The fraction of sp³-hybridized carbons (Fsp3) is 0.174. The van der Waals surface area contributed by atoms with Crippen molar-refractivity contribution in [2.75, 3.05) is 25.1 Å². The van der Waals surface area contributed by atoms with Gasteiger partial charge in [0.1, 0.15) is 5.75 Å². The van der Waals surface area contributed by atoms with Crippen LogP contribution < -0.4 is 19.5 Å². The van der Waals surface area contributed by atoms with E-state index in [0.29, 0.717) is 41.2 Å². The fourth-order valence-electron chi connectivity index (χ4n) is 3.07. The molecular formula is C23H20ClNO6S. The van der Waals surface area contributed by atoms with E-state index in [0.717, 1.165) is 6.42 Å². The number of carbonyl (C=O) groups is 1. The number of ether oxygens (including phenoxy) is 3. The predicted molar refractivity (Wildman–Crippen MR) is 120 cm³/mol. The lowest BCUT2D eigenvalue weighted by molar-refractivity contribution is -0.118. The van der Waals surface area contributed by atoms with Crippen LogP contribution in [-0.2, 0) is 14.6 Å². The van der Waals surface area contributed by atoms with Crippen molar-refractivity contribution in [3.05, 3.63) is 71.8 Å². The van der Waals surface area contributed by atoms with Crippen molar-refractivity contribution in [2.24, 2.45) is 0 Å². The number of hydrogen-bond acceptors (Lipinski definition) is 6. The molecule has 1 heterocycles. The van der Waals surface area contributed by atoms with Gasteiger partial charge in [-0.15, -0.1) is 0 Å². The largest absolute Gasteiger partial charge is 0.490 e. The molecule has 0 unspecified atom stereocenters. The summed E-state index contributed by atoms with van der Waals surface area (Å²) in [4.78, 5) is 12.7. The number of fused-ring (bicyclic) bond motifs is 1. The summed E-state index contributed by atoms with van der Waals surface area (Å²) in [6.45, 7) is 0.769. The Morgan fingerprint density at radius 3 is 2.25 bits per heavy atom. The van der Waals surface area contributed by atoms with Crippen LogP contribution in [0.1, 0.15) is 6.42 Å². The Kier molecular flexibility index (Phi) is 6.53. The van der Waals surface area contributed by atoms with Gasteiger partial charge in [0.15, 0.2) is 18.1 Å². The van der Waals surface area contributed by atoms with Crippen LogP contribution in [0.3, 0.4) is 0 Å². The molecule has 0 bridgehead atoms. The fourth-order valence-corrected chi connectivity index (χ4v) is 4.55. The number of nitrogens with one attached hydrogen (secondary N) is 1. The Morgan fingerprint density at radius 1 is 0.938 bits per heavy atom. The molecule has 1 N–H and O–H groups in total. The summed E-state index contributed by atoms with van der Waals surface area (Å²) in [6, 6.07) is 17.3. The van der Waals surface area contributed by atoms with Crippen molar-refractivity contribution in [1.29, 1.82) is 0 Å². The summed E-state index contributed by atoms with van der Waals surface area (Å²) in [5.41, 5.74) is 0.383. The average molecular weight is 474 g/mol. The molecule has 1 aliphatic rings. The molecule has 1 aliphatic heterocycles. The third kappa shape index (κ3) is 4.98. The molecule has 1 amide bonds. The first-order valence-corrected chi connectivity index (χ1v) is 11.7. The molecule has 0 fully saturated rings. The molecule has 7 nitrogen and oxygen atoms in total. The van der Waals surface area contributed by atoms with E-state index < -0.39 is 15.7 Å². The zero-order valence-electron chi connectivity index (χ0n) is 16.9. The number of hydrogen-bond donors (Lipinski definition) is 1. The highest BCUT2D eigenvalue weighted by atomic mass is 35.5. The maximum atomic E-state index is 12.6. The van der Waals surface area contributed by atoms with Gasteiger partial charge in [-0.2, -0.15) is 0 Å². The monoisotopic (exact) mass is 473 g/mol. The number of rotatable bonds is 6. The number of carbonyl (C=O) groups excluding carboxylic acids is 1. The van der Waals surface area contributed by atoms with Crippen molar-refractivity contribution in [2.45, 2.75) is 16.2 Å². The van der Waals surface area contributed by atoms with Gasteiger partial charge >= 0.3 is 0 Å². The van der Waals surface area contributed by atoms with E-state index in [1.807, 2.05) is 0 Å². The molecule has 0 spiro atoms. The van der Waals surface area contributed by atoms with E-state index in [9.17, 15) is 13.2 Å². The van der Waals surface area contributed by atoms with Crippen molar-refractivity contribution in [1.82, 2.24) is 0 Å². The maximum absolute atomic E-state index is 12.6. The Balaban J connectivity index is 1.38. The highest BCUT2D eigenvalue weighted by Crippen LogP contribution is 2.37. The second-order valence-electron chi connectivity index (χ2n) is 6.95. The zero-order chi connectivity index (χ0) is 22.6. The smallest absolute Gasteiger partial charge is 0.262 e. The van der Waals surface area contributed by atoms with Crippen LogP contribution in [0.2, 0.25) is 5.02 Å². The average Bonchev–Trinajstić information content (AvgIpc) is 3.03. The van der Waals surface area contributed by atoms with Gasteiger partial charge in [0.25, 0.3) is 5.91 Å². The number of sulfone groups is 1. The summed E-state index contributed by atoms with van der Waals surface area (Å²) in [5.74, 6) is 0.977. The van der Waals surface area contributed by atoms with E-state index in [4.69, 9.17) is 25.8 Å². The molecule has 0 aliphatic carbocycles. The lowest BCUT2D eigenvalue weighted by Gasteiger charge is -2.13. The van der Waals surface area contributed by atoms with Crippen molar-refractivity contribution in [3.63, 3.8) is 0 Å². The standard InChI is InChI=1S/C23H20ClNO6S/c24-19-13-21-22(30-12-4-11-29-21)14-20(19)25-23(26)15-31-16-7-9-18(10-8-16)32(27,28)17-5-2-1-3-6-17/h1-3,5-10,13-14H,4,11-12,15H2,(H,25,26). The minimum absolute atomic E-state index is 0.138. The van der Waals surface area contributed by atoms with Gasteiger partial charge in [0.05, 0.1) is 33.7 Å². The predicted octanol–water partition coefficient (Wildman–Crippen LogP) is 4.35. The Labute approximate surface area is 190 Å². The van der Waals surface area contributed by atoms with E-state index >= 15 is 0 Å². The van der Waals surface area contributed by atoms with Crippen molar-refractivity contribution < 1.29 is 27.4 Å². The van der Waals surface area contributed by atoms with Crippen molar-refractivity contribution >= 4 is 33.0 Å². The summed E-state index contributed by atoms with van der Waals surface area (Å²) in [5, 5.41) is 3.00. The molecule has 0 radical (unpaired) electrons. The molecule has 0 atom stereocenters. The topological polar surface area (TPSA) is 90.9 Å². The van der Waals surface area contributed by atoms with Crippen LogP contribution in [0.15, 0.2) is 76.5 Å². The van der Waals surface area contributed by atoms with Crippen LogP contribution in [0, 0.1) is 0 Å². The minimum atomic E-state index is -3.61. The molecular weight excluding hydrogens is 454 g/mol. The quantitative estimate of drug-likeness (QED) is 0.572. The maximum Gasteiger partial charge on any atom is 0.262 e. The second-order valence-corrected chi connectivity index (χ2v) is 9.31. The third-order valence-corrected chi connectivity index (χ3v) is 6.77. The molecule has 9 heteroatoms. The first-order valence-electron chi connectivity index (χ1n) is 9.85. The molecule has 166 valence electrons. The number of halogens is 1. The Hall–Kier alpha value is -3.23. The highest BCUT2D eigenvalue weighted by molar-refractivity contribution is 7.91. The summed E-state index contributed by atoms with van der Waals surface area (Å²) >= 11 is 6.24. The lowest BCUT2D eigenvalue weighted by Crippen LogP contribution is -2.20. The SMILES string of the molecule is O=C(COc1ccc(S(=O)(=O)c2ccccc2)cc1)Nc1cc2c(cc1Cl)OCCCO2. The second kappa shape index (κ2) is 9.50. The van der Waals surface area contributed by atoms with E-state index in [1.165, 1.54) is 36.4 Å². The highest BCUT2D eigenvalue weighted by Gasteiger charge is 2.18. The molecule has 32 heavy (non-hydrogen) atoms. The molecule has 0 saturated carbocycles. The number of amides is 1. The van der Waals surface area contributed by atoms with Gasteiger partial charge in [0.2, 0.25) is 9.84 Å². The third-order valence-electron chi connectivity index (χ3n) is 4.67. The van der Waals surface area contributed by atoms with Gasteiger partial charge in [-0.1, -0.05) is 29.8 Å². The first-order chi connectivity index (χ1) is 15.4. The summed E-state index contributed by atoms with van der Waals surface area (Å²) in [7, 11) is -3.61. The van der Waals surface area contributed by atoms with Crippen LogP contribution in [0.5, 0.6) is 17.2 Å². The van der Waals surface area contributed by atoms with Gasteiger partial charge in [-0.3, -0.25) is 4.79 Å². The lowest BCUT2D eigenvalue weighted by atomic mass is 10.2.